The zero-order valence-electron chi connectivity index (χ0n) is 13.9. The first kappa shape index (κ1) is 16.8. The largest absolute Gasteiger partial charge is 0.508 e. The summed E-state index contributed by atoms with van der Waals surface area (Å²) in [5.41, 5.74) is 4.46. The van der Waals surface area contributed by atoms with Gasteiger partial charge in [0.1, 0.15) is 5.75 Å². The lowest BCUT2D eigenvalue weighted by Gasteiger charge is -2.18. The molecule has 0 saturated carbocycles. The average molecular weight is 331 g/mol. The van der Waals surface area contributed by atoms with Gasteiger partial charge in [0.25, 0.3) is 0 Å². The highest BCUT2D eigenvalue weighted by Crippen LogP contribution is 2.27. The van der Waals surface area contributed by atoms with E-state index < -0.39 is 0 Å². The van der Waals surface area contributed by atoms with Crippen LogP contribution in [0.4, 0.5) is 5.69 Å². The molecule has 25 heavy (non-hydrogen) atoms. The number of phenolic OH excluding ortho intramolecular Hbond substituents is 1. The zero-order valence-corrected chi connectivity index (χ0v) is 13.9. The van der Waals surface area contributed by atoms with Crippen molar-refractivity contribution in [3.8, 4) is 5.75 Å². The second-order valence-corrected chi connectivity index (χ2v) is 6.14. The number of carbonyl (C=O) groups is 1. The molecule has 3 nitrogen and oxygen atoms in total. The molecule has 0 fully saturated rings. The summed E-state index contributed by atoms with van der Waals surface area (Å²) in [6.45, 7) is 0. The molecule has 0 heterocycles. The smallest absolute Gasteiger partial charge is 0.211 e. The van der Waals surface area contributed by atoms with E-state index in [9.17, 15) is 9.90 Å². The third kappa shape index (κ3) is 4.70. The minimum Gasteiger partial charge on any atom is -0.508 e. The van der Waals surface area contributed by atoms with Gasteiger partial charge in [-0.3, -0.25) is 4.79 Å². The molecule has 0 aliphatic rings. The Hall–Kier alpha value is -3.07. The minimum absolute atomic E-state index is 0.285. The van der Waals surface area contributed by atoms with Crippen molar-refractivity contribution in [3.63, 3.8) is 0 Å². The Bertz CT molecular complexity index is 813. The highest BCUT2D eigenvalue weighted by molar-refractivity contribution is 5.71. The maximum absolute atomic E-state index is 10.7. The molecule has 1 atom stereocenters. The number of anilines is 1. The van der Waals surface area contributed by atoms with E-state index in [-0.39, 0.29) is 5.75 Å². The molecule has 0 bridgehead atoms. The van der Waals surface area contributed by atoms with Crippen molar-refractivity contribution in [2.75, 3.05) is 5.32 Å². The number of phenols is 1. The summed E-state index contributed by atoms with van der Waals surface area (Å²) in [5, 5.41) is 12.2. The Morgan fingerprint density at radius 1 is 0.840 bits per heavy atom. The molecular formula is C22H21NO2. The number of hydrogen-bond acceptors (Lipinski definition) is 2. The highest BCUT2D eigenvalue weighted by atomic mass is 16.3. The van der Waals surface area contributed by atoms with E-state index in [1.54, 1.807) is 12.1 Å². The Kier molecular flexibility index (Phi) is 5.47. The van der Waals surface area contributed by atoms with E-state index >= 15 is 0 Å². The van der Waals surface area contributed by atoms with Gasteiger partial charge in [0, 0.05) is 5.69 Å². The Balaban J connectivity index is 1.85. The molecule has 0 radical (unpaired) electrons. The van der Waals surface area contributed by atoms with Crippen molar-refractivity contribution in [1.29, 1.82) is 0 Å². The van der Waals surface area contributed by atoms with Gasteiger partial charge in [-0.1, -0.05) is 54.6 Å². The van der Waals surface area contributed by atoms with Crippen LogP contribution in [-0.4, -0.2) is 11.5 Å². The molecule has 0 aliphatic heterocycles. The van der Waals surface area contributed by atoms with Crippen LogP contribution in [0.25, 0.3) is 0 Å². The average Bonchev–Trinajstić information content (AvgIpc) is 2.64. The summed E-state index contributed by atoms with van der Waals surface area (Å²) in [5.74, 6) is 0.602. The van der Waals surface area contributed by atoms with Crippen LogP contribution in [-0.2, 0) is 17.6 Å². The van der Waals surface area contributed by atoms with Gasteiger partial charge in [-0.25, -0.2) is 0 Å². The lowest BCUT2D eigenvalue weighted by atomic mass is 9.86. The van der Waals surface area contributed by atoms with Crippen LogP contribution in [0, 0.1) is 0 Å². The van der Waals surface area contributed by atoms with Crippen molar-refractivity contribution in [3.05, 3.63) is 95.6 Å². The molecule has 0 aliphatic carbocycles. The van der Waals surface area contributed by atoms with Gasteiger partial charge in [-0.15, -0.1) is 0 Å². The number of amides is 1. The van der Waals surface area contributed by atoms with Gasteiger partial charge in [0.05, 0.1) is 0 Å². The van der Waals surface area contributed by atoms with Crippen LogP contribution in [0.2, 0.25) is 0 Å². The van der Waals surface area contributed by atoms with Crippen molar-refractivity contribution in [2.24, 2.45) is 0 Å². The van der Waals surface area contributed by atoms with Gasteiger partial charge in [-0.05, 0) is 59.7 Å². The van der Waals surface area contributed by atoms with E-state index in [1.807, 2.05) is 36.4 Å². The standard InChI is InChI=1S/C22H21NO2/c24-16-23-21-8-4-5-18(15-21)14-20(19-6-2-1-3-7-19)13-17-9-11-22(25)12-10-17/h1-12,15-16,20,25H,13-14H2,(H,23,24). The van der Waals surface area contributed by atoms with E-state index in [4.69, 9.17) is 0 Å². The van der Waals surface area contributed by atoms with Gasteiger partial charge in [0.2, 0.25) is 6.41 Å². The molecule has 2 N–H and O–H groups in total. The molecule has 3 aromatic carbocycles. The summed E-state index contributed by atoms with van der Waals surface area (Å²) in [4.78, 5) is 10.7. The number of aromatic hydroxyl groups is 1. The van der Waals surface area contributed by atoms with Crippen molar-refractivity contribution < 1.29 is 9.90 Å². The maximum Gasteiger partial charge on any atom is 0.211 e. The van der Waals surface area contributed by atoms with Crippen LogP contribution < -0.4 is 5.32 Å². The SMILES string of the molecule is O=CNc1cccc(CC(Cc2ccc(O)cc2)c2ccccc2)c1. The molecular weight excluding hydrogens is 310 g/mol. The Morgan fingerprint density at radius 2 is 1.56 bits per heavy atom. The minimum atomic E-state index is 0.285. The summed E-state index contributed by atoms with van der Waals surface area (Å²) in [7, 11) is 0. The highest BCUT2D eigenvalue weighted by Gasteiger charge is 2.14. The second-order valence-electron chi connectivity index (χ2n) is 6.14. The molecule has 1 unspecified atom stereocenters. The van der Waals surface area contributed by atoms with E-state index in [1.165, 1.54) is 16.7 Å². The molecule has 3 rings (SSSR count). The first-order chi connectivity index (χ1) is 12.2. The van der Waals surface area contributed by atoms with Gasteiger partial charge in [0.15, 0.2) is 0 Å². The zero-order chi connectivity index (χ0) is 17.5. The van der Waals surface area contributed by atoms with Crippen LogP contribution in [0.1, 0.15) is 22.6 Å². The molecule has 3 aromatic rings. The van der Waals surface area contributed by atoms with Crippen molar-refractivity contribution >= 4 is 12.1 Å². The van der Waals surface area contributed by atoms with E-state index in [2.05, 4.69) is 35.6 Å². The van der Waals surface area contributed by atoms with Crippen LogP contribution in [0.15, 0.2) is 78.9 Å². The summed E-state index contributed by atoms with van der Waals surface area (Å²) in [6, 6.07) is 25.8. The number of benzene rings is 3. The van der Waals surface area contributed by atoms with Crippen LogP contribution in [0.5, 0.6) is 5.75 Å². The Morgan fingerprint density at radius 3 is 2.28 bits per heavy atom. The molecule has 1 amide bonds. The fourth-order valence-corrected chi connectivity index (χ4v) is 3.09. The first-order valence-electron chi connectivity index (χ1n) is 8.36. The van der Waals surface area contributed by atoms with Crippen LogP contribution >= 0.6 is 0 Å². The maximum atomic E-state index is 10.7. The number of nitrogens with one attached hydrogen (secondary N) is 1. The van der Waals surface area contributed by atoms with Gasteiger partial charge >= 0.3 is 0 Å². The first-order valence-corrected chi connectivity index (χ1v) is 8.36. The number of carbonyl (C=O) groups excluding carboxylic acids is 1. The Labute approximate surface area is 148 Å². The molecule has 3 heteroatoms. The van der Waals surface area contributed by atoms with E-state index in [0.29, 0.717) is 12.3 Å². The third-order valence-electron chi connectivity index (χ3n) is 4.32. The lowest BCUT2D eigenvalue weighted by molar-refractivity contribution is -0.105. The van der Waals surface area contributed by atoms with Crippen LogP contribution in [0.3, 0.4) is 0 Å². The molecule has 126 valence electrons. The normalized spacial score (nSPS) is 11.7. The lowest BCUT2D eigenvalue weighted by Crippen LogP contribution is -2.07. The van der Waals surface area contributed by atoms with Crippen molar-refractivity contribution in [1.82, 2.24) is 0 Å². The summed E-state index contributed by atoms with van der Waals surface area (Å²) >= 11 is 0. The molecule has 0 saturated heterocycles. The second kappa shape index (κ2) is 8.15. The summed E-state index contributed by atoms with van der Waals surface area (Å²) in [6.07, 6.45) is 2.46. The fourth-order valence-electron chi connectivity index (χ4n) is 3.09. The number of rotatable bonds is 7. The molecule has 0 aromatic heterocycles. The van der Waals surface area contributed by atoms with Crippen molar-refractivity contribution in [2.45, 2.75) is 18.8 Å². The summed E-state index contributed by atoms with van der Waals surface area (Å²) < 4.78 is 0. The van der Waals surface area contributed by atoms with Gasteiger partial charge in [-0.2, -0.15) is 0 Å². The monoisotopic (exact) mass is 331 g/mol. The fraction of sp³-hybridized carbons (Fsp3) is 0.136. The van der Waals surface area contributed by atoms with E-state index in [0.717, 1.165) is 18.5 Å². The van der Waals surface area contributed by atoms with Gasteiger partial charge < -0.3 is 10.4 Å². The predicted octanol–water partition coefficient (Wildman–Crippen LogP) is 4.53. The topological polar surface area (TPSA) is 49.3 Å². The molecule has 0 spiro atoms. The predicted molar refractivity (Wildman–Crippen MR) is 101 cm³/mol. The quantitative estimate of drug-likeness (QED) is 0.625. The number of hydrogen-bond donors (Lipinski definition) is 2. The third-order valence-corrected chi connectivity index (χ3v) is 4.32.